The highest BCUT2D eigenvalue weighted by molar-refractivity contribution is 9.10. The van der Waals surface area contributed by atoms with Gasteiger partial charge < -0.3 is 9.80 Å². The Morgan fingerprint density at radius 3 is 2.71 bits per heavy atom. The second-order valence-electron chi connectivity index (χ2n) is 7.39. The number of amides is 1. The van der Waals surface area contributed by atoms with Gasteiger partial charge in [-0.3, -0.25) is 9.78 Å². The van der Waals surface area contributed by atoms with Crippen LogP contribution < -0.4 is 4.90 Å². The molecule has 1 aliphatic carbocycles. The Hall–Kier alpha value is -1.46. The molecule has 2 aliphatic heterocycles. The molecule has 1 aromatic heterocycles. The molecule has 2 fully saturated rings. The van der Waals surface area contributed by atoms with E-state index >= 15 is 0 Å². The summed E-state index contributed by atoms with van der Waals surface area (Å²) < 4.78 is 1.04. The average molecular weight is 386 g/mol. The van der Waals surface area contributed by atoms with Gasteiger partial charge in [0.25, 0.3) is 0 Å². The molecule has 1 amide bonds. The Morgan fingerprint density at radius 2 is 2.00 bits per heavy atom. The van der Waals surface area contributed by atoms with Crippen molar-refractivity contribution in [2.45, 2.75) is 37.1 Å². The maximum atomic E-state index is 13.2. The standard InChI is InChI=1S/C19H20BrN3O/c1-22-16-11-21-15-5-2-12(20)10-14(15)17(16)19(18(22)24)6-8-23(9-7-19)13-3-4-13/h2,5,10-11,13H,3-4,6-9H2,1H3. The molecule has 0 atom stereocenters. The van der Waals surface area contributed by atoms with Gasteiger partial charge >= 0.3 is 0 Å². The minimum atomic E-state index is -0.364. The largest absolute Gasteiger partial charge is 0.313 e. The van der Waals surface area contributed by atoms with Crippen molar-refractivity contribution in [1.82, 2.24) is 9.88 Å². The SMILES string of the molecule is CN1C(=O)C2(CCN(C3CC3)CC2)c2c1cnc1ccc(Br)cc21. The first-order valence-corrected chi connectivity index (χ1v) is 9.50. The minimum Gasteiger partial charge on any atom is -0.313 e. The number of benzene rings is 1. The van der Waals surface area contributed by atoms with Crippen LogP contribution in [0, 0.1) is 0 Å². The topological polar surface area (TPSA) is 36.4 Å². The molecular weight excluding hydrogens is 366 g/mol. The van der Waals surface area contributed by atoms with Crippen LogP contribution in [0.15, 0.2) is 28.9 Å². The number of halogens is 1. The number of likely N-dealkylation sites (N-methyl/N-ethyl adjacent to an activating group) is 1. The molecule has 3 heterocycles. The molecule has 0 radical (unpaired) electrons. The number of hydrogen-bond acceptors (Lipinski definition) is 3. The van der Waals surface area contributed by atoms with Gasteiger partial charge in [-0.25, -0.2) is 0 Å². The number of carbonyl (C=O) groups excluding carboxylic acids is 1. The number of pyridine rings is 1. The lowest BCUT2D eigenvalue weighted by Gasteiger charge is -2.38. The Balaban J connectivity index is 1.68. The average Bonchev–Trinajstić information content (AvgIpc) is 3.41. The van der Waals surface area contributed by atoms with E-state index in [9.17, 15) is 4.79 Å². The van der Waals surface area contributed by atoms with Gasteiger partial charge in [-0.05, 0) is 57.0 Å². The van der Waals surface area contributed by atoms with Crippen LogP contribution in [0.1, 0.15) is 31.2 Å². The van der Waals surface area contributed by atoms with Crippen molar-refractivity contribution in [3.63, 3.8) is 0 Å². The lowest BCUT2D eigenvalue weighted by atomic mass is 9.72. The summed E-state index contributed by atoms with van der Waals surface area (Å²) >= 11 is 3.59. The normalized spacial score (nSPS) is 23.2. The fourth-order valence-electron chi connectivity index (χ4n) is 4.62. The van der Waals surface area contributed by atoms with Crippen molar-refractivity contribution in [3.05, 3.63) is 34.4 Å². The lowest BCUT2D eigenvalue weighted by Crippen LogP contribution is -2.48. The van der Waals surface area contributed by atoms with Crippen LogP contribution in [-0.4, -0.2) is 42.0 Å². The number of fused-ring (bicyclic) bond motifs is 4. The van der Waals surface area contributed by atoms with Crippen molar-refractivity contribution in [2.24, 2.45) is 0 Å². The van der Waals surface area contributed by atoms with E-state index in [4.69, 9.17) is 0 Å². The summed E-state index contributed by atoms with van der Waals surface area (Å²) in [5, 5.41) is 1.12. The van der Waals surface area contributed by atoms with E-state index in [0.717, 1.165) is 53.0 Å². The van der Waals surface area contributed by atoms with E-state index in [2.05, 4.69) is 31.9 Å². The van der Waals surface area contributed by atoms with E-state index in [0.29, 0.717) is 0 Å². The molecule has 124 valence electrons. The summed E-state index contributed by atoms with van der Waals surface area (Å²) in [6.07, 6.45) is 6.39. The summed E-state index contributed by atoms with van der Waals surface area (Å²) in [6, 6.07) is 6.96. The summed E-state index contributed by atoms with van der Waals surface area (Å²) in [6.45, 7) is 2.06. The number of hydrogen-bond donors (Lipinski definition) is 0. The summed E-state index contributed by atoms with van der Waals surface area (Å²) in [4.78, 5) is 22.2. The van der Waals surface area contributed by atoms with Gasteiger partial charge in [-0.2, -0.15) is 0 Å². The lowest BCUT2D eigenvalue weighted by molar-refractivity contribution is -0.124. The molecule has 1 saturated heterocycles. The second kappa shape index (κ2) is 5.02. The summed E-state index contributed by atoms with van der Waals surface area (Å²) in [5.41, 5.74) is 2.81. The first kappa shape index (κ1) is 14.8. The molecule has 1 spiro atoms. The summed E-state index contributed by atoms with van der Waals surface area (Å²) in [5.74, 6) is 0.252. The van der Waals surface area contributed by atoms with Crippen LogP contribution >= 0.6 is 15.9 Å². The number of anilines is 1. The predicted molar refractivity (Wildman–Crippen MR) is 98.4 cm³/mol. The molecule has 1 aromatic carbocycles. The number of likely N-dealkylation sites (tertiary alicyclic amines) is 1. The fraction of sp³-hybridized carbons (Fsp3) is 0.474. The number of carbonyl (C=O) groups is 1. The molecule has 24 heavy (non-hydrogen) atoms. The number of aromatic nitrogens is 1. The van der Waals surface area contributed by atoms with Crippen LogP contribution in [0.4, 0.5) is 5.69 Å². The van der Waals surface area contributed by atoms with Crippen LogP contribution in [0.5, 0.6) is 0 Å². The molecule has 5 rings (SSSR count). The van der Waals surface area contributed by atoms with Crippen molar-refractivity contribution < 1.29 is 4.79 Å². The monoisotopic (exact) mass is 385 g/mol. The second-order valence-corrected chi connectivity index (χ2v) is 8.31. The van der Waals surface area contributed by atoms with Crippen LogP contribution in [0.25, 0.3) is 10.9 Å². The van der Waals surface area contributed by atoms with Crippen molar-refractivity contribution in [2.75, 3.05) is 25.0 Å². The van der Waals surface area contributed by atoms with Gasteiger partial charge in [0.2, 0.25) is 5.91 Å². The van der Waals surface area contributed by atoms with E-state index < -0.39 is 0 Å². The van der Waals surface area contributed by atoms with Gasteiger partial charge in [0.15, 0.2) is 0 Å². The third-order valence-corrected chi connectivity index (χ3v) is 6.57. The Labute approximate surface area is 150 Å². The smallest absolute Gasteiger partial charge is 0.237 e. The molecule has 4 nitrogen and oxygen atoms in total. The minimum absolute atomic E-state index is 0.252. The molecular formula is C19H20BrN3O. The maximum absolute atomic E-state index is 13.2. The van der Waals surface area contributed by atoms with Gasteiger partial charge in [0.05, 0.1) is 22.8 Å². The maximum Gasteiger partial charge on any atom is 0.237 e. The summed E-state index contributed by atoms with van der Waals surface area (Å²) in [7, 11) is 1.90. The van der Waals surface area contributed by atoms with Crippen LogP contribution in [-0.2, 0) is 10.2 Å². The van der Waals surface area contributed by atoms with Crippen LogP contribution in [0.2, 0.25) is 0 Å². The predicted octanol–water partition coefficient (Wildman–Crippen LogP) is 3.47. The number of nitrogens with zero attached hydrogens (tertiary/aromatic N) is 3. The molecule has 2 aromatic rings. The van der Waals surface area contributed by atoms with E-state index in [1.54, 1.807) is 0 Å². The quantitative estimate of drug-likeness (QED) is 0.753. The Morgan fingerprint density at radius 1 is 1.25 bits per heavy atom. The third-order valence-electron chi connectivity index (χ3n) is 6.08. The zero-order valence-corrected chi connectivity index (χ0v) is 15.3. The van der Waals surface area contributed by atoms with E-state index in [1.807, 2.05) is 30.3 Å². The first-order chi connectivity index (χ1) is 11.6. The van der Waals surface area contributed by atoms with Crippen molar-refractivity contribution in [3.8, 4) is 0 Å². The third kappa shape index (κ3) is 1.94. The highest BCUT2D eigenvalue weighted by Crippen LogP contribution is 2.51. The zero-order chi connectivity index (χ0) is 16.5. The molecule has 0 N–H and O–H groups in total. The fourth-order valence-corrected chi connectivity index (χ4v) is 4.98. The molecule has 3 aliphatic rings. The zero-order valence-electron chi connectivity index (χ0n) is 13.8. The van der Waals surface area contributed by atoms with Gasteiger partial charge in [-0.1, -0.05) is 15.9 Å². The highest BCUT2D eigenvalue weighted by Gasteiger charge is 2.53. The Kier molecular flexibility index (Phi) is 3.11. The van der Waals surface area contributed by atoms with Gasteiger partial charge in [-0.15, -0.1) is 0 Å². The van der Waals surface area contributed by atoms with E-state index in [1.165, 1.54) is 18.4 Å². The number of rotatable bonds is 1. The van der Waals surface area contributed by atoms with Crippen molar-refractivity contribution in [1.29, 1.82) is 0 Å². The molecule has 1 saturated carbocycles. The van der Waals surface area contributed by atoms with Gasteiger partial charge in [0, 0.05) is 28.5 Å². The molecule has 0 unspecified atom stereocenters. The molecule has 5 heteroatoms. The van der Waals surface area contributed by atoms with Crippen LogP contribution in [0.3, 0.4) is 0 Å². The van der Waals surface area contributed by atoms with Crippen molar-refractivity contribution >= 4 is 38.4 Å². The van der Waals surface area contributed by atoms with Gasteiger partial charge in [0.1, 0.15) is 0 Å². The Bertz CT molecular complexity index is 853. The first-order valence-electron chi connectivity index (χ1n) is 8.71. The number of piperidine rings is 1. The highest BCUT2D eigenvalue weighted by atomic mass is 79.9. The van der Waals surface area contributed by atoms with E-state index in [-0.39, 0.29) is 11.3 Å². The molecule has 0 bridgehead atoms.